The van der Waals surface area contributed by atoms with E-state index in [9.17, 15) is 10.1 Å². The Balaban J connectivity index is 2.35. The predicted octanol–water partition coefficient (Wildman–Crippen LogP) is 3.23. The Bertz CT molecular complexity index is 810. The minimum absolute atomic E-state index is 0.0507. The van der Waals surface area contributed by atoms with Crippen molar-refractivity contribution in [1.82, 2.24) is 0 Å². The van der Waals surface area contributed by atoms with Gasteiger partial charge in [0.05, 0.1) is 10.3 Å². The third-order valence-corrected chi connectivity index (χ3v) is 3.31. The van der Waals surface area contributed by atoms with E-state index in [1.54, 1.807) is 43.5 Å². The van der Waals surface area contributed by atoms with Gasteiger partial charge in [-0.1, -0.05) is 30.9 Å². The van der Waals surface area contributed by atoms with Gasteiger partial charge in [0.15, 0.2) is 0 Å². The smallest absolute Gasteiger partial charge is 0.277 e. The first-order valence-electron chi connectivity index (χ1n) is 6.91. The number of nitrogens with two attached hydrogens (primary N) is 1. The lowest BCUT2D eigenvalue weighted by atomic mass is 10.1. The molecular weight excluding hydrogens is 294 g/mol. The summed E-state index contributed by atoms with van der Waals surface area (Å²) in [5, 5.41) is 12.3. The van der Waals surface area contributed by atoms with Crippen molar-refractivity contribution < 1.29 is 9.66 Å². The van der Waals surface area contributed by atoms with Crippen LogP contribution in [0.5, 0.6) is 5.75 Å². The molecule has 0 bridgehead atoms. The molecule has 2 rings (SSSR count). The van der Waals surface area contributed by atoms with Crippen LogP contribution in [0, 0.1) is 10.1 Å². The first kappa shape index (κ1) is 16.2. The first-order chi connectivity index (χ1) is 11.1. The molecule has 118 valence electrons. The number of non-ortho nitro benzene ring substituents is 1. The molecule has 2 N–H and O–H groups in total. The molecule has 0 saturated carbocycles. The first-order valence-corrected chi connectivity index (χ1v) is 6.91. The third kappa shape index (κ3) is 3.74. The quantitative estimate of drug-likeness (QED) is 0.291. The highest BCUT2D eigenvalue weighted by Gasteiger charge is 2.14. The second kappa shape index (κ2) is 7.22. The number of benzene rings is 2. The van der Waals surface area contributed by atoms with Crippen LogP contribution in [-0.2, 0) is 0 Å². The number of fused-ring (bicyclic) bond motifs is 1. The number of amidine groups is 1. The van der Waals surface area contributed by atoms with Crippen LogP contribution in [0.3, 0.4) is 0 Å². The summed E-state index contributed by atoms with van der Waals surface area (Å²) in [6, 6.07) is 10.1. The van der Waals surface area contributed by atoms with Crippen molar-refractivity contribution in [2.24, 2.45) is 10.7 Å². The molecule has 0 atom stereocenters. The van der Waals surface area contributed by atoms with Gasteiger partial charge in [0, 0.05) is 18.5 Å². The summed E-state index contributed by atoms with van der Waals surface area (Å²) in [5.41, 5.74) is 6.47. The summed E-state index contributed by atoms with van der Waals surface area (Å²) in [7, 11) is 1.59. The Morgan fingerprint density at radius 2 is 2.04 bits per heavy atom. The Kier molecular flexibility index (Phi) is 5.09. The molecule has 0 aromatic heterocycles. The van der Waals surface area contributed by atoms with Crippen LogP contribution in [0.2, 0.25) is 0 Å². The lowest BCUT2D eigenvalue weighted by Crippen LogP contribution is -2.10. The minimum atomic E-state index is -0.403. The number of hydrogen-bond donors (Lipinski definition) is 1. The van der Waals surface area contributed by atoms with Crippen molar-refractivity contribution in [2.45, 2.75) is 0 Å². The standard InChI is InChI=1S/C17H17N3O3/c1-3-12(10-17(18)19-2)11-23-16-9-8-15(20(21)22)13-6-4-5-7-14(13)16/h3-10H,1,11H2,2H3,(H2,18,19)/b12-10+. The summed E-state index contributed by atoms with van der Waals surface area (Å²) in [5.74, 6) is 0.933. The van der Waals surface area contributed by atoms with Gasteiger partial charge in [-0.25, -0.2) is 0 Å². The van der Waals surface area contributed by atoms with E-state index in [1.807, 2.05) is 6.07 Å². The van der Waals surface area contributed by atoms with Gasteiger partial charge in [-0.05, 0) is 23.8 Å². The fraction of sp³-hybridized carbons (Fsp3) is 0.118. The van der Waals surface area contributed by atoms with Crippen LogP contribution in [-0.4, -0.2) is 24.4 Å². The van der Waals surface area contributed by atoms with E-state index >= 15 is 0 Å². The maximum absolute atomic E-state index is 11.1. The van der Waals surface area contributed by atoms with Crippen LogP contribution in [0.4, 0.5) is 5.69 Å². The number of nitro benzene ring substituents is 1. The molecule has 0 radical (unpaired) electrons. The molecule has 0 fully saturated rings. The van der Waals surface area contributed by atoms with Crippen molar-refractivity contribution in [3.8, 4) is 5.75 Å². The van der Waals surface area contributed by atoms with Gasteiger partial charge in [-0.15, -0.1) is 0 Å². The zero-order valence-corrected chi connectivity index (χ0v) is 12.7. The summed E-state index contributed by atoms with van der Waals surface area (Å²) in [6.07, 6.45) is 3.30. The molecule has 23 heavy (non-hydrogen) atoms. The lowest BCUT2D eigenvalue weighted by molar-refractivity contribution is -0.383. The molecule has 0 unspecified atom stereocenters. The molecule has 6 nitrogen and oxygen atoms in total. The molecule has 0 aliphatic rings. The normalized spacial score (nSPS) is 12.2. The third-order valence-electron chi connectivity index (χ3n) is 3.31. The molecule has 6 heteroatoms. The average molecular weight is 311 g/mol. The van der Waals surface area contributed by atoms with Gasteiger partial charge < -0.3 is 10.5 Å². The number of hydrogen-bond acceptors (Lipinski definition) is 4. The van der Waals surface area contributed by atoms with Gasteiger partial charge in [0.1, 0.15) is 18.2 Å². The Hall–Kier alpha value is -3.15. The fourth-order valence-corrected chi connectivity index (χ4v) is 2.12. The summed E-state index contributed by atoms with van der Waals surface area (Å²) < 4.78 is 5.78. The highest BCUT2D eigenvalue weighted by atomic mass is 16.6. The largest absolute Gasteiger partial charge is 0.488 e. The zero-order chi connectivity index (χ0) is 16.8. The highest BCUT2D eigenvalue weighted by Crippen LogP contribution is 2.32. The molecule has 0 aliphatic heterocycles. The van der Waals surface area contributed by atoms with E-state index in [4.69, 9.17) is 10.5 Å². The van der Waals surface area contributed by atoms with E-state index in [1.165, 1.54) is 6.07 Å². The molecule has 0 heterocycles. The van der Waals surface area contributed by atoms with E-state index in [0.717, 1.165) is 5.57 Å². The molecular formula is C17H17N3O3. The monoisotopic (exact) mass is 311 g/mol. The topological polar surface area (TPSA) is 90.8 Å². The van der Waals surface area contributed by atoms with E-state index in [2.05, 4.69) is 11.6 Å². The second-order valence-electron chi connectivity index (χ2n) is 4.75. The molecule has 0 aliphatic carbocycles. The molecule has 2 aromatic carbocycles. The number of nitro groups is 1. The SMILES string of the molecule is C=C/C(=C\C(N)=NC)COc1ccc([N+](=O)[O-])c2ccccc12. The van der Waals surface area contributed by atoms with Crippen LogP contribution in [0.15, 0.2) is 65.7 Å². The second-order valence-corrected chi connectivity index (χ2v) is 4.75. The molecule has 0 amide bonds. The van der Waals surface area contributed by atoms with Gasteiger partial charge in [0.25, 0.3) is 5.69 Å². The number of aliphatic imine (C=N–C) groups is 1. The lowest BCUT2D eigenvalue weighted by Gasteiger charge is -2.10. The highest BCUT2D eigenvalue weighted by molar-refractivity contribution is 5.95. The fourth-order valence-electron chi connectivity index (χ4n) is 2.12. The Labute approximate surface area is 133 Å². The van der Waals surface area contributed by atoms with E-state index < -0.39 is 4.92 Å². The summed E-state index contributed by atoms with van der Waals surface area (Å²) in [4.78, 5) is 14.6. The maximum atomic E-state index is 11.1. The van der Waals surface area contributed by atoms with Crippen LogP contribution < -0.4 is 10.5 Å². The maximum Gasteiger partial charge on any atom is 0.277 e. The van der Waals surface area contributed by atoms with Gasteiger partial charge >= 0.3 is 0 Å². The van der Waals surface area contributed by atoms with Crippen molar-refractivity contribution in [3.05, 3.63) is 70.8 Å². The van der Waals surface area contributed by atoms with E-state index in [0.29, 0.717) is 22.4 Å². The van der Waals surface area contributed by atoms with Crippen LogP contribution >= 0.6 is 0 Å². The minimum Gasteiger partial charge on any atom is -0.488 e. The Morgan fingerprint density at radius 3 is 2.65 bits per heavy atom. The number of rotatable bonds is 6. The van der Waals surface area contributed by atoms with E-state index in [-0.39, 0.29) is 12.3 Å². The van der Waals surface area contributed by atoms with Crippen molar-refractivity contribution in [2.75, 3.05) is 13.7 Å². The van der Waals surface area contributed by atoms with Gasteiger partial charge in [-0.2, -0.15) is 0 Å². The average Bonchev–Trinajstić information content (AvgIpc) is 2.57. The molecule has 2 aromatic rings. The van der Waals surface area contributed by atoms with Crippen LogP contribution in [0.1, 0.15) is 0 Å². The molecule has 0 spiro atoms. The van der Waals surface area contributed by atoms with Crippen LogP contribution in [0.25, 0.3) is 10.8 Å². The van der Waals surface area contributed by atoms with Crippen molar-refractivity contribution in [1.29, 1.82) is 0 Å². The van der Waals surface area contributed by atoms with Crippen molar-refractivity contribution in [3.63, 3.8) is 0 Å². The summed E-state index contributed by atoms with van der Waals surface area (Å²) >= 11 is 0. The molecule has 0 saturated heterocycles. The van der Waals surface area contributed by atoms with Gasteiger partial charge in [-0.3, -0.25) is 15.1 Å². The van der Waals surface area contributed by atoms with Gasteiger partial charge in [0.2, 0.25) is 0 Å². The zero-order valence-electron chi connectivity index (χ0n) is 12.7. The predicted molar refractivity (Wildman–Crippen MR) is 91.9 cm³/mol. The Morgan fingerprint density at radius 1 is 1.35 bits per heavy atom. The van der Waals surface area contributed by atoms with Crippen molar-refractivity contribution >= 4 is 22.3 Å². The number of ether oxygens (including phenoxy) is 1. The number of nitrogens with zero attached hydrogens (tertiary/aromatic N) is 2. The summed E-state index contributed by atoms with van der Waals surface area (Å²) in [6.45, 7) is 3.95.